The average molecular weight is 254 g/mol. The molecule has 4 heteroatoms. The van der Waals surface area contributed by atoms with Crippen LogP contribution >= 0.6 is 0 Å². The van der Waals surface area contributed by atoms with E-state index in [1.54, 1.807) is 12.1 Å². The van der Waals surface area contributed by atoms with E-state index in [9.17, 15) is 4.39 Å². The van der Waals surface area contributed by atoms with Crippen LogP contribution in [0.4, 0.5) is 10.1 Å². The SMILES string of the molecule is CCCC(C)C(CN)Nc1ccc(F)c(OC)c1. The highest BCUT2D eigenvalue weighted by atomic mass is 19.1. The lowest BCUT2D eigenvalue weighted by Gasteiger charge is -2.24. The standard InChI is InChI=1S/C14H23FN2O/c1-4-5-10(2)13(9-16)17-11-6-7-12(15)14(8-11)18-3/h6-8,10,13,17H,4-5,9,16H2,1-3H3. The summed E-state index contributed by atoms with van der Waals surface area (Å²) in [5, 5.41) is 3.34. The van der Waals surface area contributed by atoms with Crippen molar-refractivity contribution in [2.75, 3.05) is 19.0 Å². The number of nitrogens with one attached hydrogen (secondary N) is 1. The summed E-state index contributed by atoms with van der Waals surface area (Å²) in [6, 6.07) is 4.97. The summed E-state index contributed by atoms with van der Waals surface area (Å²) in [5.74, 6) is 0.379. The summed E-state index contributed by atoms with van der Waals surface area (Å²) in [6.45, 7) is 4.89. The molecule has 1 aromatic carbocycles. The van der Waals surface area contributed by atoms with Crippen molar-refractivity contribution in [2.24, 2.45) is 11.7 Å². The van der Waals surface area contributed by atoms with Crippen molar-refractivity contribution in [3.05, 3.63) is 24.0 Å². The number of nitrogens with two attached hydrogens (primary N) is 1. The summed E-state index contributed by atoms with van der Waals surface area (Å²) in [4.78, 5) is 0. The number of benzene rings is 1. The smallest absolute Gasteiger partial charge is 0.165 e. The number of methoxy groups -OCH3 is 1. The van der Waals surface area contributed by atoms with Gasteiger partial charge >= 0.3 is 0 Å². The number of halogens is 1. The topological polar surface area (TPSA) is 47.3 Å². The lowest BCUT2D eigenvalue weighted by Crippen LogP contribution is -2.35. The highest BCUT2D eigenvalue weighted by Crippen LogP contribution is 2.23. The molecule has 0 heterocycles. The zero-order chi connectivity index (χ0) is 13.5. The Morgan fingerprint density at radius 1 is 1.44 bits per heavy atom. The molecule has 1 rings (SSSR count). The fourth-order valence-electron chi connectivity index (χ4n) is 2.05. The van der Waals surface area contributed by atoms with E-state index in [2.05, 4.69) is 19.2 Å². The van der Waals surface area contributed by atoms with Gasteiger partial charge in [0.2, 0.25) is 0 Å². The summed E-state index contributed by atoms with van der Waals surface area (Å²) in [5.41, 5.74) is 6.62. The van der Waals surface area contributed by atoms with E-state index < -0.39 is 0 Å². The van der Waals surface area contributed by atoms with Crippen LogP contribution < -0.4 is 15.8 Å². The molecule has 3 N–H and O–H groups in total. The van der Waals surface area contributed by atoms with E-state index in [1.807, 2.05) is 0 Å². The molecule has 102 valence electrons. The molecule has 0 radical (unpaired) electrons. The number of anilines is 1. The van der Waals surface area contributed by atoms with E-state index in [1.165, 1.54) is 13.2 Å². The zero-order valence-corrected chi connectivity index (χ0v) is 11.4. The molecule has 18 heavy (non-hydrogen) atoms. The van der Waals surface area contributed by atoms with Crippen LogP contribution in [-0.4, -0.2) is 19.7 Å². The van der Waals surface area contributed by atoms with Gasteiger partial charge in [-0.2, -0.15) is 0 Å². The normalized spacial score (nSPS) is 14.1. The molecule has 0 aliphatic rings. The minimum absolute atomic E-state index is 0.195. The van der Waals surface area contributed by atoms with Crippen molar-refractivity contribution in [1.82, 2.24) is 0 Å². The molecule has 0 aliphatic heterocycles. The van der Waals surface area contributed by atoms with E-state index >= 15 is 0 Å². The van der Waals surface area contributed by atoms with Crippen molar-refractivity contribution in [3.8, 4) is 5.75 Å². The van der Waals surface area contributed by atoms with Gasteiger partial charge in [-0.1, -0.05) is 20.3 Å². The molecule has 0 amide bonds. The van der Waals surface area contributed by atoms with Gasteiger partial charge in [0, 0.05) is 24.3 Å². The zero-order valence-electron chi connectivity index (χ0n) is 11.4. The van der Waals surface area contributed by atoms with E-state index in [0.29, 0.717) is 12.5 Å². The first-order chi connectivity index (χ1) is 8.62. The highest BCUT2D eigenvalue weighted by Gasteiger charge is 2.15. The monoisotopic (exact) mass is 254 g/mol. The van der Waals surface area contributed by atoms with Crippen LogP contribution in [0.5, 0.6) is 5.75 Å². The molecule has 0 saturated heterocycles. The largest absolute Gasteiger partial charge is 0.494 e. The molecule has 3 nitrogen and oxygen atoms in total. The van der Waals surface area contributed by atoms with Gasteiger partial charge in [0.15, 0.2) is 11.6 Å². The van der Waals surface area contributed by atoms with Gasteiger partial charge in [0.05, 0.1) is 7.11 Å². The van der Waals surface area contributed by atoms with Crippen LogP contribution in [0.3, 0.4) is 0 Å². The molecular weight excluding hydrogens is 231 g/mol. The van der Waals surface area contributed by atoms with Crippen molar-refractivity contribution in [2.45, 2.75) is 32.7 Å². The predicted octanol–water partition coefficient (Wildman–Crippen LogP) is 3.01. The minimum Gasteiger partial charge on any atom is -0.494 e. The number of hydrogen-bond donors (Lipinski definition) is 2. The van der Waals surface area contributed by atoms with E-state index in [0.717, 1.165) is 18.5 Å². The predicted molar refractivity (Wildman–Crippen MR) is 73.5 cm³/mol. The summed E-state index contributed by atoms with van der Waals surface area (Å²) < 4.78 is 18.3. The first-order valence-corrected chi connectivity index (χ1v) is 6.42. The molecule has 1 aromatic rings. The van der Waals surface area contributed by atoms with Crippen LogP contribution in [0.15, 0.2) is 18.2 Å². The Morgan fingerprint density at radius 3 is 2.72 bits per heavy atom. The lowest BCUT2D eigenvalue weighted by molar-refractivity contribution is 0.386. The summed E-state index contributed by atoms with van der Waals surface area (Å²) >= 11 is 0. The second-order valence-electron chi connectivity index (χ2n) is 4.60. The van der Waals surface area contributed by atoms with Gasteiger partial charge in [0.1, 0.15) is 0 Å². The van der Waals surface area contributed by atoms with Gasteiger partial charge in [-0.05, 0) is 24.5 Å². The molecule has 0 spiro atoms. The Morgan fingerprint density at radius 2 is 2.17 bits per heavy atom. The molecule has 0 fully saturated rings. The van der Waals surface area contributed by atoms with Gasteiger partial charge in [-0.25, -0.2) is 4.39 Å². The van der Waals surface area contributed by atoms with Crippen LogP contribution in [-0.2, 0) is 0 Å². The number of hydrogen-bond acceptors (Lipinski definition) is 3. The summed E-state index contributed by atoms with van der Waals surface area (Å²) in [7, 11) is 1.46. The van der Waals surface area contributed by atoms with Crippen molar-refractivity contribution >= 4 is 5.69 Å². The second-order valence-corrected chi connectivity index (χ2v) is 4.60. The third-order valence-electron chi connectivity index (χ3n) is 3.19. The van der Waals surface area contributed by atoms with Crippen LogP contribution in [0.2, 0.25) is 0 Å². The van der Waals surface area contributed by atoms with Gasteiger partial charge in [-0.15, -0.1) is 0 Å². The molecule has 0 aromatic heterocycles. The highest BCUT2D eigenvalue weighted by molar-refractivity contribution is 5.49. The van der Waals surface area contributed by atoms with E-state index in [-0.39, 0.29) is 17.6 Å². The molecule has 0 bridgehead atoms. The third kappa shape index (κ3) is 3.88. The van der Waals surface area contributed by atoms with E-state index in [4.69, 9.17) is 10.5 Å². The van der Waals surface area contributed by atoms with Crippen LogP contribution in [0, 0.1) is 11.7 Å². The lowest BCUT2D eigenvalue weighted by atomic mass is 9.96. The maximum atomic E-state index is 13.3. The Bertz CT molecular complexity index is 371. The minimum atomic E-state index is -0.353. The van der Waals surface area contributed by atoms with Gasteiger partial charge in [-0.3, -0.25) is 0 Å². The molecule has 2 atom stereocenters. The number of ether oxygens (including phenoxy) is 1. The van der Waals surface area contributed by atoms with Crippen LogP contribution in [0.25, 0.3) is 0 Å². The fraction of sp³-hybridized carbons (Fsp3) is 0.571. The molecule has 0 saturated carbocycles. The first kappa shape index (κ1) is 14.8. The van der Waals surface area contributed by atoms with Crippen LogP contribution in [0.1, 0.15) is 26.7 Å². The van der Waals surface area contributed by atoms with Gasteiger partial charge in [0.25, 0.3) is 0 Å². The average Bonchev–Trinajstić information content (AvgIpc) is 2.37. The quantitative estimate of drug-likeness (QED) is 0.786. The maximum absolute atomic E-state index is 13.3. The third-order valence-corrected chi connectivity index (χ3v) is 3.19. The molecule has 2 unspecified atom stereocenters. The van der Waals surface area contributed by atoms with Crippen molar-refractivity contribution < 1.29 is 9.13 Å². The Balaban J connectivity index is 2.75. The van der Waals surface area contributed by atoms with Gasteiger partial charge < -0.3 is 15.8 Å². The fourth-order valence-corrected chi connectivity index (χ4v) is 2.05. The second kappa shape index (κ2) is 7.21. The molecular formula is C14H23FN2O. The Kier molecular flexibility index (Phi) is 5.92. The maximum Gasteiger partial charge on any atom is 0.165 e. The van der Waals surface area contributed by atoms with Crippen molar-refractivity contribution in [3.63, 3.8) is 0 Å². The Labute approximate surface area is 109 Å². The first-order valence-electron chi connectivity index (χ1n) is 6.42. The number of rotatable bonds is 7. The molecule has 0 aliphatic carbocycles. The van der Waals surface area contributed by atoms with Crippen molar-refractivity contribution in [1.29, 1.82) is 0 Å². The Hall–Kier alpha value is -1.29. The summed E-state index contributed by atoms with van der Waals surface area (Å²) in [6.07, 6.45) is 2.25.